The van der Waals surface area contributed by atoms with Crippen molar-refractivity contribution >= 4 is 40.3 Å². The molecule has 320 valence electrons. The molecule has 0 bridgehead atoms. The Morgan fingerprint density at radius 3 is 1.07 bits per heavy atom. The van der Waals surface area contributed by atoms with Gasteiger partial charge >= 0.3 is 17.2 Å². The van der Waals surface area contributed by atoms with Crippen molar-refractivity contribution in [2.75, 3.05) is 35.5 Å². The Hall–Kier alpha value is -6.40. The summed E-state index contributed by atoms with van der Waals surface area (Å²) in [6.45, 7) is 5.24. The van der Waals surface area contributed by atoms with Crippen LogP contribution in [0.5, 0.6) is 57.5 Å². The molecule has 0 aliphatic heterocycles. The van der Waals surface area contributed by atoms with E-state index in [1.54, 1.807) is 66.7 Å². The Morgan fingerprint density at radius 1 is 0.410 bits per heavy atom. The van der Waals surface area contributed by atoms with E-state index in [9.17, 15) is 19.2 Å². The van der Waals surface area contributed by atoms with Crippen LogP contribution in [-0.2, 0) is 11.1 Å². The quantitative estimate of drug-likeness (QED) is 0.0475. The average Bonchev–Trinajstić information content (AvgIpc) is 3.25. The smallest absolute Gasteiger partial charge is 0.497 e. The number of ketones is 4. The Bertz CT molecular complexity index is 2260. The van der Waals surface area contributed by atoms with Gasteiger partial charge in [-0.2, -0.15) is 0 Å². The van der Waals surface area contributed by atoms with Gasteiger partial charge in [-0.3, -0.25) is 23.7 Å². The Morgan fingerprint density at radius 2 is 0.754 bits per heavy atom. The molecule has 0 aromatic heterocycles. The van der Waals surface area contributed by atoms with E-state index in [0.29, 0.717) is 28.6 Å². The van der Waals surface area contributed by atoms with Gasteiger partial charge in [0.2, 0.25) is 0 Å². The minimum atomic E-state index is -2.60. The lowest BCUT2D eigenvalue weighted by molar-refractivity contribution is 0.100. The molecule has 0 aliphatic carbocycles. The van der Waals surface area contributed by atoms with Gasteiger partial charge in [0.15, 0.2) is 34.6 Å². The first-order valence-corrected chi connectivity index (χ1v) is 20.5. The molecule has 0 fully saturated rings. The fourth-order valence-electron chi connectivity index (χ4n) is 5.57. The van der Waals surface area contributed by atoms with Crippen LogP contribution in [0, 0.1) is 0 Å². The number of ether oxygens (including phenoxy) is 5. The first-order chi connectivity index (χ1) is 29.3. The minimum Gasteiger partial charge on any atom is -0.497 e. The lowest BCUT2D eigenvalue weighted by atomic mass is 10.1. The zero-order chi connectivity index (χ0) is 44.2. The molecule has 0 heterocycles. The second kappa shape index (κ2) is 21.2. The fraction of sp³-hybridized carbons (Fsp3) is 0.227. The summed E-state index contributed by atoms with van der Waals surface area (Å²) in [5.74, 6) is 0.960. The Balaban J connectivity index is 1.59. The standard InChI is InChI=1S/C44H44O15P2/c1-26(45)35-17-13-31(49-5)21-40(35)55-60(56-41-22-32(50-6)14-18-36(41)27(2)46)54-25-30-11-10-12-39(53-9)44(30)59-61(57-42-23-33(51-7)15-19-37(42)28(3)47)58-43-24-34(52-8)16-20-38(43)29(4)48/h10-24H,25H2,1-9H3. The summed E-state index contributed by atoms with van der Waals surface area (Å²) in [5.41, 5.74) is 1.20. The molecule has 5 aromatic rings. The summed E-state index contributed by atoms with van der Waals surface area (Å²) in [4.78, 5) is 51.0. The van der Waals surface area contributed by atoms with Crippen LogP contribution in [0.3, 0.4) is 0 Å². The summed E-state index contributed by atoms with van der Waals surface area (Å²) < 4.78 is 65.6. The molecular formula is C44H44O15P2. The monoisotopic (exact) mass is 874 g/mol. The third kappa shape index (κ3) is 11.7. The van der Waals surface area contributed by atoms with E-state index < -0.39 is 17.2 Å². The van der Waals surface area contributed by atoms with Crippen molar-refractivity contribution in [2.45, 2.75) is 34.3 Å². The number of hydrogen-bond acceptors (Lipinski definition) is 15. The molecule has 0 aliphatic rings. The zero-order valence-corrected chi connectivity index (χ0v) is 36.7. The summed E-state index contributed by atoms with van der Waals surface area (Å²) in [6, 6.07) is 23.7. The van der Waals surface area contributed by atoms with Crippen molar-refractivity contribution in [3.63, 3.8) is 0 Å². The molecule has 61 heavy (non-hydrogen) atoms. The second-order valence-electron chi connectivity index (χ2n) is 12.8. The van der Waals surface area contributed by atoms with Crippen LogP contribution in [0.1, 0.15) is 74.7 Å². The maximum absolute atomic E-state index is 12.8. The molecule has 0 spiro atoms. The predicted octanol–water partition coefficient (Wildman–Crippen LogP) is 10.2. The van der Waals surface area contributed by atoms with Crippen LogP contribution in [-0.4, -0.2) is 58.7 Å². The van der Waals surface area contributed by atoms with Crippen LogP contribution in [0.15, 0.2) is 91.0 Å². The zero-order valence-electron chi connectivity index (χ0n) is 34.9. The van der Waals surface area contributed by atoms with Crippen molar-refractivity contribution in [3.05, 3.63) is 119 Å². The molecular weight excluding hydrogens is 830 g/mol. The molecule has 0 saturated heterocycles. The van der Waals surface area contributed by atoms with E-state index >= 15 is 0 Å². The number of rotatable bonds is 22. The normalized spacial score (nSPS) is 10.7. The highest BCUT2D eigenvalue weighted by Crippen LogP contribution is 2.51. The van der Waals surface area contributed by atoms with Gasteiger partial charge in [-0.15, -0.1) is 0 Å². The van der Waals surface area contributed by atoms with Crippen molar-refractivity contribution in [2.24, 2.45) is 0 Å². The molecule has 0 unspecified atom stereocenters. The van der Waals surface area contributed by atoms with Gasteiger partial charge in [-0.25, -0.2) is 0 Å². The molecule has 0 saturated carbocycles. The molecule has 5 aromatic carbocycles. The van der Waals surface area contributed by atoms with Gasteiger partial charge in [0.25, 0.3) is 0 Å². The van der Waals surface area contributed by atoms with Crippen LogP contribution in [0.25, 0.3) is 0 Å². The van der Waals surface area contributed by atoms with Crippen molar-refractivity contribution < 1.29 is 70.0 Å². The van der Waals surface area contributed by atoms with E-state index in [4.69, 9.17) is 50.8 Å². The highest BCUT2D eigenvalue weighted by Gasteiger charge is 2.30. The van der Waals surface area contributed by atoms with Gasteiger partial charge in [0.1, 0.15) is 46.0 Å². The minimum absolute atomic E-state index is 0.0716. The van der Waals surface area contributed by atoms with Gasteiger partial charge in [0, 0.05) is 29.8 Å². The molecule has 0 N–H and O–H groups in total. The lowest BCUT2D eigenvalue weighted by Gasteiger charge is -2.23. The fourth-order valence-corrected chi connectivity index (χ4v) is 7.67. The third-order valence-electron chi connectivity index (χ3n) is 8.74. The molecule has 15 nitrogen and oxygen atoms in total. The summed E-state index contributed by atoms with van der Waals surface area (Å²) >= 11 is 0. The van der Waals surface area contributed by atoms with Crippen LogP contribution in [0.4, 0.5) is 0 Å². The van der Waals surface area contributed by atoms with Crippen molar-refractivity contribution in [1.82, 2.24) is 0 Å². The van der Waals surface area contributed by atoms with Gasteiger partial charge in [0.05, 0.1) is 64.4 Å². The van der Waals surface area contributed by atoms with Gasteiger partial charge in [-0.1, -0.05) is 12.1 Å². The number of hydrogen-bond donors (Lipinski definition) is 0. The van der Waals surface area contributed by atoms with Crippen molar-refractivity contribution in [3.8, 4) is 57.5 Å². The van der Waals surface area contributed by atoms with Crippen molar-refractivity contribution in [1.29, 1.82) is 0 Å². The third-order valence-corrected chi connectivity index (χ3v) is 10.8. The molecule has 17 heteroatoms. The summed E-state index contributed by atoms with van der Waals surface area (Å²) in [7, 11) is 2.21. The summed E-state index contributed by atoms with van der Waals surface area (Å²) in [5, 5.41) is 0. The maximum Gasteiger partial charge on any atom is 0.530 e. The van der Waals surface area contributed by atoms with Crippen LogP contribution < -0.4 is 46.3 Å². The molecule has 0 amide bonds. The number of carbonyl (C=O) groups excluding carboxylic acids is 4. The maximum atomic E-state index is 12.8. The number of para-hydroxylation sites is 1. The number of carbonyl (C=O) groups is 4. The van der Waals surface area contributed by atoms with E-state index in [-0.39, 0.29) is 86.5 Å². The van der Waals surface area contributed by atoms with E-state index in [0.717, 1.165) is 0 Å². The Kier molecular flexibility index (Phi) is 15.9. The predicted molar refractivity (Wildman–Crippen MR) is 227 cm³/mol. The van der Waals surface area contributed by atoms with E-state index in [1.165, 1.54) is 87.5 Å². The molecule has 0 radical (unpaired) electrons. The SMILES string of the molecule is COc1ccc(C(C)=O)c(OP(OCc2cccc(OC)c2OP(Oc2cc(OC)ccc2C(C)=O)Oc2cc(OC)ccc2C(C)=O)Oc2cc(OC)ccc2C(C)=O)c1. The highest BCUT2D eigenvalue weighted by atomic mass is 31.2. The first kappa shape index (κ1) is 45.7. The van der Waals surface area contributed by atoms with Gasteiger partial charge < -0.3 is 46.3 Å². The average molecular weight is 875 g/mol. The van der Waals surface area contributed by atoms with Crippen LogP contribution in [0.2, 0.25) is 0 Å². The number of methoxy groups -OCH3 is 5. The largest absolute Gasteiger partial charge is 0.530 e. The lowest BCUT2D eigenvalue weighted by Crippen LogP contribution is -2.10. The van der Waals surface area contributed by atoms with Crippen LogP contribution >= 0.6 is 17.2 Å². The molecule has 5 rings (SSSR count). The number of benzene rings is 5. The summed E-state index contributed by atoms with van der Waals surface area (Å²) in [6.07, 6.45) is 0. The topological polar surface area (TPSA) is 170 Å². The van der Waals surface area contributed by atoms with E-state index in [1.807, 2.05) is 0 Å². The Labute approximate surface area is 355 Å². The first-order valence-electron chi connectivity index (χ1n) is 18.3. The second-order valence-corrected chi connectivity index (χ2v) is 14.9. The number of Topliss-reactive ketones (excluding diaryl/α,β-unsaturated/α-hetero) is 4. The van der Waals surface area contributed by atoms with E-state index in [2.05, 4.69) is 0 Å². The molecule has 0 atom stereocenters. The highest BCUT2D eigenvalue weighted by molar-refractivity contribution is 7.43. The van der Waals surface area contributed by atoms with Gasteiger partial charge in [-0.05, 0) is 82.3 Å².